The number of carbonyl (C=O) groups is 2. The van der Waals surface area contributed by atoms with E-state index >= 15 is 0 Å². The highest BCUT2D eigenvalue weighted by Gasteiger charge is 2.27. The standard InChI is InChI=1S/C10H19N3O3/c1-2-3-13(4-5-14)10(16)8-6-12-9(15)7-11-8/h8,11,14H,2-7H2,1H3,(H,12,15). The monoisotopic (exact) mass is 229 g/mol. The molecule has 0 aromatic rings. The van der Waals surface area contributed by atoms with Crippen LogP contribution in [0.15, 0.2) is 0 Å². The number of carbonyl (C=O) groups excluding carboxylic acids is 2. The number of nitrogens with zero attached hydrogens (tertiary/aromatic N) is 1. The number of nitrogens with one attached hydrogen (secondary N) is 2. The maximum absolute atomic E-state index is 12.0. The lowest BCUT2D eigenvalue weighted by Crippen LogP contribution is -2.59. The van der Waals surface area contributed by atoms with Gasteiger partial charge in [-0.1, -0.05) is 6.92 Å². The summed E-state index contributed by atoms with van der Waals surface area (Å²) in [5.74, 6) is -0.149. The SMILES string of the molecule is CCCN(CCO)C(=O)C1CNC(=O)CN1. The smallest absolute Gasteiger partial charge is 0.241 e. The molecule has 6 nitrogen and oxygen atoms in total. The topological polar surface area (TPSA) is 81.7 Å². The Morgan fingerprint density at radius 2 is 2.31 bits per heavy atom. The van der Waals surface area contributed by atoms with Gasteiger partial charge in [-0.15, -0.1) is 0 Å². The molecular weight excluding hydrogens is 210 g/mol. The van der Waals surface area contributed by atoms with Crippen LogP contribution in [0.4, 0.5) is 0 Å². The van der Waals surface area contributed by atoms with Crippen molar-refractivity contribution >= 4 is 11.8 Å². The number of hydrogen-bond donors (Lipinski definition) is 3. The molecular formula is C10H19N3O3. The average molecular weight is 229 g/mol. The van der Waals surface area contributed by atoms with E-state index in [0.29, 0.717) is 19.6 Å². The van der Waals surface area contributed by atoms with Gasteiger partial charge in [0.1, 0.15) is 6.04 Å². The molecule has 2 amide bonds. The summed E-state index contributed by atoms with van der Waals surface area (Å²) < 4.78 is 0. The summed E-state index contributed by atoms with van der Waals surface area (Å²) in [6.07, 6.45) is 0.852. The lowest BCUT2D eigenvalue weighted by Gasteiger charge is -2.29. The zero-order chi connectivity index (χ0) is 12.0. The van der Waals surface area contributed by atoms with Gasteiger partial charge in [-0.25, -0.2) is 0 Å². The Morgan fingerprint density at radius 1 is 1.56 bits per heavy atom. The van der Waals surface area contributed by atoms with Crippen LogP contribution in [0.3, 0.4) is 0 Å². The van der Waals surface area contributed by atoms with Crippen molar-refractivity contribution in [1.29, 1.82) is 0 Å². The Bertz CT molecular complexity index is 242. The first-order chi connectivity index (χ1) is 7.69. The molecule has 16 heavy (non-hydrogen) atoms. The molecule has 1 rings (SSSR count). The van der Waals surface area contributed by atoms with Gasteiger partial charge < -0.3 is 15.3 Å². The molecule has 92 valence electrons. The number of aliphatic hydroxyl groups excluding tert-OH is 1. The maximum Gasteiger partial charge on any atom is 0.241 e. The summed E-state index contributed by atoms with van der Waals surface area (Å²) in [7, 11) is 0. The first kappa shape index (κ1) is 12.9. The van der Waals surface area contributed by atoms with Gasteiger partial charge in [0.15, 0.2) is 0 Å². The van der Waals surface area contributed by atoms with Crippen LogP contribution in [0.2, 0.25) is 0 Å². The van der Waals surface area contributed by atoms with Gasteiger partial charge in [0.25, 0.3) is 0 Å². The van der Waals surface area contributed by atoms with E-state index in [4.69, 9.17) is 5.11 Å². The van der Waals surface area contributed by atoms with Crippen molar-refractivity contribution in [2.75, 3.05) is 32.8 Å². The van der Waals surface area contributed by atoms with Gasteiger partial charge >= 0.3 is 0 Å². The fraction of sp³-hybridized carbons (Fsp3) is 0.800. The molecule has 6 heteroatoms. The Balaban J connectivity index is 2.49. The van der Waals surface area contributed by atoms with Crippen LogP contribution in [0.5, 0.6) is 0 Å². The second kappa shape index (κ2) is 6.44. The molecule has 0 spiro atoms. The molecule has 1 aliphatic heterocycles. The Morgan fingerprint density at radius 3 is 2.81 bits per heavy atom. The Hall–Kier alpha value is -1.14. The molecule has 0 aliphatic carbocycles. The van der Waals surface area contributed by atoms with E-state index in [2.05, 4.69) is 10.6 Å². The molecule has 1 fully saturated rings. The molecule has 3 N–H and O–H groups in total. The highest BCUT2D eigenvalue weighted by molar-refractivity contribution is 5.86. The van der Waals surface area contributed by atoms with E-state index < -0.39 is 0 Å². The molecule has 1 aliphatic rings. The van der Waals surface area contributed by atoms with Crippen LogP contribution in [0.25, 0.3) is 0 Å². The lowest BCUT2D eigenvalue weighted by molar-refractivity contribution is -0.135. The third-order valence-electron chi connectivity index (χ3n) is 2.49. The molecule has 0 aromatic carbocycles. The molecule has 0 saturated carbocycles. The number of aliphatic hydroxyl groups is 1. The van der Waals surface area contributed by atoms with Crippen molar-refractivity contribution in [3.8, 4) is 0 Å². The van der Waals surface area contributed by atoms with Crippen LogP contribution >= 0.6 is 0 Å². The van der Waals surface area contributed by atoms with Crippen LogP contribution < -0.4 is 10.6 Å². The van der Waals surface area contributed by atoms with Crippen molar-refractivity contribution < 1.29 is 14.7 Å². The highest BCUT2D eigenvalue weighted by Crippen LogP contribution is 1.99. The van der Waals surface area contributed by atoms with E-state index in [1.807, 2.05) is 6.92 Å². The van der Waals surface area contributed by atoms with E-state index in [1.165, 1.54) is 0 Å². The van der Waals surface area contributed by atoms with Crippen LogP contribution in [0, 0.1) is 0 Å². The van der Waals surface area contributed by atoms with Crippen molar-refractivity contribution in [2.45, 2.75) is 19.4 Å². The van der Waals surface area contributed by atoms with Crippen molar-refractivity contribution in [3.05, 3.63) is 0 Å². The van der Waals surface area contributed by atoms with Crippen molar-refractivity contribution in [3.63, 3.8) is 0 Å². The molecule has 0 aromatic heterocycles. The largest absolute Gasteiger partial charge is 0.395 e. The zero-order valence-electron chi connectivity index (χ0n) is 9.53. The molecule has 1 atom stereocenters. The normalized spacial score (nSPS) is 20.4. The fourth-order valence-corrected chi connectivity index (χ4v) is 1.68. The van der Waals surface area contributed by atoms with E-state index in [0.717, 1.165) is 6.42 Å². The van der Waals surface area contributed by atoms with Gasteiger partial charge in [0.2, 0.25) is 11.8 Å². The first-order valence-corrected chi connectivity index (χ1v) is 5.58. The number of amides is 2. The van der Waals surface area contributed by atoms with Crippen LogP contribution in [-0.4, -0.2) is 60.6 Å². The minimum atomic E-state index is -0.365. The summed E-state index contributed by atoms with van der Waals surface area (Å²) >= 11 is 0. The Labute approximate surface area is 95.0 Å². The summed E-state index contributed by atoms with van der Waals surface area (Å²) in [4.78, 5) is 24.5. The lowest BCUT2D eigenvalue weighted by atomic mass is 10.2. The summed E-state index contributed by atoms with van der Waals surface area (Å²) in [5, 5.41) is 14.4. The van der Waals surface area contributed by atoms with Crippen molar-refractivity contribution in [1.82, 2.24) is 15.5 Å². The zero-order valence-corrected chi connectivity index (χ0v) is 9.53. The van der Waals surface area contributed by atoms with E-state index in [9.17, 15) is 9.59 Å². The Kier molecular flexibility index (Phi) is 5.21. The van der Waals surface area contributed by atoms with Crippen LogP contribution in [-0.2, 0) is 9.59 Å². The van der Waals surface area contributed by atoms with Gasteiger partial charge in [0, 0.05) is 19.6 Å². The van der Waals surface area contributed by atoms with Crippen LogP contribution in [0.1, 0.15) is 13.3 Å². The summed E-state index contributed by atoms with van der Waals surface area (Å²) in [6.45, 7) is 3.42. The van der Waals surface area contributed by atoms with E-state index in [-0.39, 0.29) is 31.0 Å². The molecule has 1 heterocycles. The summed E-state index contributed by atoms with van der Waals surface area (Å²) in [5.41, 5.74) is 0. The molecule has 0 bridgehead atoms. The summed E-state index contributed by atoms with van der Waals surface area (Å²) in [6, 6.07) is -0.365. The maximum atomic E-state index is 12.0. The first-order valence-electron chi connectivity index (χ1n) is 5.58. The third-order valence-corrected chi connectivity index (χ3v) is 2.49. The van der Waals surface area contributed by atoms with Gasteiger partial charge in [-0.05, 0) is 6.42 Å². The third kappa shape index (κ3) is 3.46. The second-order valence-electron chi connectivity index (χ2n) is 3.79. The van der Waals surface area contributed by atoms with Gasteiger partial charge in [-0.3, -0.25) is 14.9 Å². The predicted molar refractivity (Wildman–Crippen MR) is 58.8 cm³/mol. The van der Waals surface area contributed by atoms with E-state index in [1.54, 1.807) is 4.90 Å². The second-order valence-corrected chi connectivity index (χ2v) is 3.79. The minimum absolute atomic E-state index is 0.0369. The van der Waals surface area contributed by atoms with Gasteiger partial charge in [0.05, 0.1) is 13.2 Å². The quantitative estimate of drug-likeness (QED) is 0.525. The van der Waals surface area contributed by atoms with Crippen molar-refractivity contribution in [2.24, 2.45) is 0 Å². The number of piperazine rings is 1. The molecule has 0 radical (unpaired) electrons. The van der Waals surface area contributed by atoms with Gasteiger partial charge in [-0.2, -0.15) is 0 Å². The predicted octanol–water partition coefficient (Wildman–Crippen LogP) is -1.69. The fourth-order valence-electron chi connectivity index (χ4n) is 1.68. The average Bonchev–Trinajstić information content (AvgIpc) is 2.29. The minimum Gasteiger partial charge on any atom is -0.395 e. The number of rotatable bonds is 5. The molecule has 1 saturated heterocycles. The highest BCUT2D eigenvalue weighted by atomic mass is 16.3. The number of hydrogen-bond acceptors (Lipinski definition) is 4. The molecule has 1 unspecified atom stereocenters.